The molecular formula is C10H9N4O6V+. The molecule has 2 aromatic heterocycles. The quantitative estimate of drug-likeness (QED) is 0.508. The fourth-order valence-electron chi connectivity index (χ4n) is 0.809. The first-order valence-electron chi connectivity index (χ1n) is 4.56. The van der Waals surface area contributed by atoms with Gasteiger partial charge in [0, 0.05) is 24.8 Å². The number of hydrogen-bond donors (Lipinski definition) is 0. The predicted molar refractivity (Wildman–Crippen MR) is 58.3 cm³/mol. The molecular weight excluding hydrogens is 323 g/mol. The Labute approximate surface area is 130 Å². The van der Waals surface area contributed by atoms with E-state index in [9.17, 15) is 19.8 Å². The SMILES string of the molecule is O=C([O-])c1cnccn1.O=C([O-])c1cnccn1.[O-2].[OH3+].[V+4]. The summed E-state index contributed by atoms with van der Waals surface area (Å²) in [7, 11) is 0. The molecule has 11 heteroatoms. The summed E-state index contributed by atoms with van der Waals surface area (Å²) >= 11 is 0. The Morgan fingerprint density at radius 2 is 1.14 bits per heavy atom. The van der Waals surface area contributed by atoms with Gasteiger partial charge in [-0.3, -0.25) is 19.9 Å². The molecule has 2 heterocycles. The van der Waals surface area contributed by atoms with E-state index in [2.05, 4.69) is 19.9 Å². The minimum atomic E-state index is -1.30. The van der Waals surface area contributed by atoms with E-state index in [-0.39, 0.29) is 40.9 Å². The molecule has 0 saturated heterocycles. The van der Waals surface area contributed by atoms with E-state index in [4.69, 9.17) is 0 Å². The maximum atomic E-state index is 9.99. The molecule has 0 saturated carbocycles. The number of aromatic nitrogens is 4. The number of carbonyl (C=O) groups is 2. The summed E-state index contributed by atoms with van der Waals surface area (Å²) in [6.45, 7) is 0. The second-order valence-electron chi connectivity index (χ2n) is 2.76. The summed E-state index contributed by atoms with van der Waals surface area (Å²) in [6.07, 6.45) is 7.65. The van der Waals surface area contributed by atoms with E-state index in [1.165, 1.54) is 24.8 Å². The van der Waals surface area contributed by atoms with Crippen LogP contribution in [0.3, 0.4) is 0 Å². The topological polar surface area (TPSA) is 193 Å². The van der Waals surface area contributed by atoms with Crippen molar-refractivity contribution in [1.29, 1.82) is 0 Å². The molecule has 0 fully saturated rings. The van der Waals surface area contributed by atoms with Crippen molar-refractivity contribution in [1.82, 2.24) is 19.9 Å². The van der Waals surface area contributed by atoms with Gasteiger partial charge in [-0.1, -0.05) is 0 Å². The van der Waals surface area contributed by atoms with Gasteiger partial charge in [0.1, 0.15) is 11.4 Å². The zero-order chi connectivity index (χ0) is 13.4. The first-order valence-corrected chi connectivity index (χ1v) is 4.56. The molecule has 0 bridgehead atoms. The Morgan fingerprint density at radius 3 is 1.29 bits per heavy atom. The van der Waals surface area contributed by atoms with Gasteiger partial charge in [-0.05, 0) is 0 Å². The number of rotatable bonds is 2. The Kier molecular flexibility index (Phi) is 14.2. The Morgan fingerprint density at radius 1 is 0.810 bits per heavy atom. The number of nitrogens with zero attached hydrogens (tertiary/aromatic N) is 4. The molecule has 0 amide bonds. The van der Waals surface area contributed by atoms with Gasteiger partial charge >= 0.3 is 18.6 Å². The third-order valence-electron chi connectivity index (χ3n) is 1.54. The molecule has 0 spiro atoms. The van der Waals surface area contributed by atoms with E-state index in [0.717, 1.165) is 12.4 Å². The van der Waals surface area contributed by atoms with Crippen molar-refractivity contribution in [2.24, 2.45) is 0 Å². The monoisotopic (exact) mass is 332 g/mol. The van der Waals surface area contributed by atoms with Crippen LogP contribution in [-0.4, -0.2) is 31.9 Å². The molecule has 3 N–H and O–H groups in total. The summed E-state index contributed by atoms with van der Waals surface area (Å²) < 4.78 is 0. The van der Waals surface area contributed by atoms with Gasteiger partial charge in [-0.25, -0.2) is 0 Å². The molecule has 0 aliphatic rings. The molecule has 0 aliphatic carbocycles. The van der Waals surface area contributed by atoms with Crippen LogP contribution in [0.1, 0.15) is 21.0 Å². The van der Waals surface area contributed by atoms with Gasteiger partial charge < -0.3 is 30.8 Å². The van der Waals surface area contributed by atoms with E-state index in [1.807, 2.05) is 0 Å². The van der Waals surface area contributed by atoms with Gasteiger partial charge in [0.05, 0.1) is 24.3 Å². The van der Waals surface area contributed by atoms with E-state index >= 15 is 0 Å². The van der Waals surface area contributed by atoms with Crippen LogP contribution in [0.2, 0.25) is 0 Å². The van der Waals surface area contributed by atoms with Crippen LogP contribution in [0.15, 0.2) is 37.2 Å². The normalized spacial score (nSPS) is 7.62. The number of carbonyl (C=O) groups excluding carboxylic acids is 2. The maximum Gasteiger partial charge on any atom is 4.00 e. The number of carboxylic acids is 2. The minimum absolute atomic E-state index is 0. The molecule has 10 nitrogen and oxygen atoms in total. The van der Waals surface area contributed by atoms with Crippen molar-refractivity contribution in [2.75, 3.05) is 0 Å². The zero-order valence-corrected chi connectivity index (χ0v) is 11.7. The molecule has 21 heavy (non-hydrogen) atoms. The van der Waals surface area contributed by atoms with Crippen LogP contribution < -0.4 is 10.2 Å². The van der Waals surface area contributed by atoms with Gasteiger partial charge in [0.2, 0.25) is 0 Å². The molecule has 109 valence electrons. The summed E-state index contributed by atoms with van der Waals surface area (Å²) in [4.78, 5) is 33.9. The molecule has 0 aliphatic heterocycles. The molecule has 1 radical (unpaired) electrons. The summed E-state index contributed by atoms with van der Waals surface area (Å²) in [6, 6.07) is 0. The van der Waals surface area contributed by atoms with E-state index < -0.39 is 11.9 Å². The molecule has 0 unspecified atom stereocenters. The van der Waals surface area contributed by atoms with Gasteiger partial charge in [0.25, 0.3) is 0 Å². The van der Waals surface area contributed by atoms with Crippen molar-refractivity contribution in [2.45, 2.75) is 0 Å². The average Bonchev–Trinajstić information content (AvgIpc) is 2.41. The smallest absolute Gasteiger partial charge is 2.00 e. The summed E-state index contributed by atoms with van der Waals surface area (Å²) in [5.74, 6) is -2.61. The standard InChI is InChI=1S/2C5H4N2O2.H2O.O.V/c2*8-5(9)4-3-6-1-2-7-4;;;/h2*1-3H,(H,8,9);1H2;;/q;;;-2;+4/p-1. The van der Waals surface area contributed by atoms with Crippen molar-refractivity contribution < 1.29 is 49.3 Å². The third kappa shape index (κ3) is 9.18. The fourth-order valence-corrected chi connectivity index (χ4v) is 0.809. The van der Waals surface area contributed by atoms with Crippen molar-refractivity contribution in [3.05, 3.63) is 48.6 Å². The second kappa shape index (κ2) is 12.6. The van der Waals surface area contributed by atoms with Crippen LogP contribution in [-0.2, 0) is 29.5 Å². The van der Waals surface area contributed by atoms with Gasteiger partial charge in [0.15, 0.2) is 0 Å². The maximum absolute atomic E-state index is 9.99. The third-order valence-corrected chi connectivity index (χ3v) is 1.54. The van der Waals surface area contributed by atoms with Gasteiger partial charge in [-0.2, -0.15) is 0 Å². The van der Waals surface area contributed by atoms with E-state index in [1.54, 1.807) is 0 Å². The second-order valence-corrected chi connectivity index (χ2v) is 2.76. The van der Waals surface area contributed by atoms with Crippen LogP contribution in [0.25, 0.3) is 0 Å². The first-order chi connectivity index (χ1) is 8.61. The number of carboxylic acid groups (broad SMARTS) is 2. The minimum Gasteiger partial charge on any atom is -2.00 e. The van der Waals surface area contributed by atoms with Crippen molar-refractivity contribution in [3.8, 4) is 0 Å². The molecule has 2 rings (SSSR count). The van der Waals surface area contributed by atoms with Crippen LogP contribution in [0, 0.1) is 0 Å². The Balaban J connectivity index is -0.000000270. The number of hydrogen-bond acceptors (Lipinski definition) is 8. The van der Waals surface area contributed by atoms with Crippen molar-refractivity contribution >= 4 is 11.9 Å². The zero-order valence-electron chi connectivity index (χ0n) is 10.3. The number of aromatic carboxylic acids is 2. The molecule has 2 aromatic rings. The summed E-state index contributed by atoms with van der Waals surface area (Å²) in [5, 5.41) is 20.0. The predicted octanol–water partition coefficient (Wildman–Crippen LogP) is -3.36. The summed E-state index contributed by atoms with van der Waals surface area (Å²) in [5.41, 5.74) is -0.282. The van der Waals surface area contributed by atoms with E-state index in [0.29, 0.717) is 0 Å². The van der Waals surface area contributed by atoms with Crippen molar-refractivity contribution in [3.63, 3.8) is 0 Å². The van der Waals surface area contributed by atoms with Gasteiger partial charge in [-0.15, -0.1) is 0 Å². The fraction of sp³-hybridized carbons (Fsp3) is 0. The molecule has 0 atom stereocenters. The Hall–Kier alpha value is -2.40. The average molecular weight is 332 g/mol. The first kappa shape index (κ1) is 23.7. The molecule has 0 aromatic carbocycles. The largest absolute Gasteiger partial charge is 4.00 e. The van der Waals surface area contributed by atoms with Crippen LogP contribution in [0.4, 0.5) is 0 Å². The Bertz CT molecular complexity index is 478. The van der Waals surface area contributed by atoms with Crippen LogP contribution >= 0.6 is 0 Å². The van der Waals surface area contributed by atoms with Crippen LogP contribution in [0.5, 0.6) is 0 Å².